The summed E-state index contributed by atoms with van der Waals surface area (Å²) in [5, 5.41) is 0. The Kier molecular flexibility index (Phi) is 3.65. The molecule has 2 aromatic rings. The maximum Gasteiger partial charge on any atom is 0.420 e. The molecule has 0 aliphatic carbocycles. The Bertz CT molecular complexity index is 698. The lowest BCUT2D eigenvalue weighted by Gasteiger charge is -2.26. The Morgan fingerprint density at radius 2 is 2.00 bits per heavy atom. The van der Waals surface area contributed by atoms with E-state index in [9.17, 15) is 9.59 Å². The second kappa shape index (κ2) is 5.44. The van der Waals surface area contributed by atoms with Crippen LogP contribution in [-0.4, -0.2) is 28.5 Å². The first kappa shape index (κ1) is 13.4. The van der Waals surface area contributed by atoms with Crippen molar-refractivity contribution in [3.8, 4) is 0 Å². The fraction of sp³-hybridized carbons (Fsp3) is 0.429. The first-order chi connectivity index (χ1) is 9.65. The minimum absolute atomic E-state index is 0.0163. The zero-order chi connectivity index (χ0) is 14.1. The molecule has 1 aromatic heterocycles. The van der Waals surface area contributed by atoms with Crippen LogP contribution in [0.1, 0.15) is 19.3 Å². The predicted molar refractivity (Wildman–Crippen MR) is 78.6 cm³/mol. The Morgan fingerprint density at radius 1 is 1.25 bits per heavy atom. The number of carbonyl (C=O) groups excluding carboxylic acids is 1. The molecule has 20 heavy (non-hydrogen) atoms. The van der Waals surface area contributed by atoms with Crippen LogP contribution in [-0.2, 0) is 11.3 Å². The Hall–Kier alpha value is -1.56. The van der Waals surface area contributed by atoms with Gasteiger partial charge >= 0.3 is 5.76 Å². The summed E-state index contributed by atoms with van der Waals surface area (Å²) < 4.78 is 7.42. The molecular formula is C14H15BrN2O3. The highest BCUT2D eigenvalue weighted by Gasteiger charge is 2.19. The molecule has 3 rings (SSSR count). The Labute approximate surface area is 124 Å². The summed E-state index contributed by atoms with van der Waals surface area (Å²) >= 11 is 3.33. The zero-order valence-electron chi connectivity index (χ0n) is 11.0. The number of hydrogen-bond acceptors (Lipinski definition) is 3. The third-order valence-electron chi connectivity index (χ3n) is 3.63. The van der Waals surface area contributed by atoms with Crippen LogP contribution in [0, 0.1) is 0 Å². The van der Waals surface area contributed by atoms with Crippen molar-refractivity contribution in [2.75, 3.05) is 13.1 Å². The number of rotatable bonds is 2. The number of nitrogens with zero attached hydrogens (tertiary/aromatic N) is 2. The number of piperidine rings is 1. The fourth-order valence-electron chi connectivity index (χ4n) is 2.57. The summed E-state index contributed by atoms with van der Waals surface area (Å²) in [6.45, 7) is 1.62. The van der Waals surface area contributed by atoms with Gasteiger partial charge in [0.15, 0.2) is 5.58 Å². The van der Waals surface area contributed by atoms with Gasteiger partial charge in [0.2, 0.25) is 5.91 Å². The van der Waals surface area contributed by atoms with E-state index in [4.69, 9.17) is 4.42 Å². The number of carbonyl (C=O) groups is 1. The number of benzene rings is 1. The average molecular weight is 339 g/mol. The zero-order valence-corrected chi connectivity index (χ0v) is 12.6. The topological polar surface area (TPSA) is 55.5 Å². The third-order valence-corrected chi connectivity index (χ3v) is 4.13. The molecule has 2 heterocycles. The number of likely N-dealkylation sites (tertiary alicyclic amines) is 1. The molecule has 1 aliphatic heterocycles. The molecule has 0 unspecified atom stereocenters. The normalized spacial score (nSPS) is 15.8. The van der Waals surface area contributed by atoms with Gasteiger partial charge in [-0.3, -0.25) is 9.36 Å². The molecule has 1 amide bonds. The van der Waals surface area contributed by atoms with Gasteiger partial charge in [-0.1, -0.05) is 15.9 Å². The monoisotopic (exact) mass is 338 g/mol. The lowest BCUT2D eigenvalue weighted by Crippen LogP contribution is -2.39. The minimum Gasteiger partial charge on any atom is -0.408 e. The molecule has 0 saturated carbocycles. The average Bonchev–Trinajstić information content (AvgIpc) is 2.75. The molecule has 1 aliphatic rings. The first-order valence-electron chi connectivity index (χ1n) is 6.72. The molecule has 0 spiro atoms. The highest BCUT2D eigenvalue weighted by Crippen LogP contribution is 2.19. The van der Waals surface area contributed by atoms with Crippen LogP contribution in [0.3, 0.4) is 0 Å². The lowest BCUT2D eigenvalue weighted by molar-refractivity contribution is -0.132. The van der Waals surface area contributed by atoms with Crippen molar-refractivity contribution in [2.24, 2.45) is 0 Å². The molecule has 0 radical (unpaired) electrons. The van der Waals surface area contributed by atoms with Crippen LogP contribution in [0.5, 0.6) is 0 Å². The van der Waals surface area contributed by atoms with Gasteiger partial charge in [0, 0.05) is 17.6 Å². The number of amides is 1. The molecular weight excluding hydrogens is 324 g/mol. The van der Waals surface area contributed by atoms with Crippen LogP contribution >= 0.6 is 15.9 Å². The highest BCUT2D eigenvalue weighted by molar-refractivity contribution is 9.10. The van der Waals surface area contributed by atoms with E-state index in [0.29, 0.717) is 11.1 Å². The Morgan fingerprint density at radius 3 is 2.75 bits per heavy atom. The van der Waals surface area contributed by atoms with Gasteiger partial charge in [0.25, 0.3) is 0 Å². The molecule has 1 fully saturated rings. The van der Waals surface area contributed by atoms with Gasteiger partial charge in [0.05, 0.1) is 5.52 Å². The summed E-state index contributed by atoms with van der Waals surface area (Å²) in [5.41, 5.74) is 1.15. The summed E-state index contributed by atoms with van der Waals surface area (Å²) in [7, 11) is 0. The molecule has 0 N–H and O–H groups in total. The predicted octanol–water partition coefficient (Wildman–Crippen LogP) is 2.37. The quantitative estimate of drug-likeness (QED) is 0.844. The van der Waals surface area contributed by atoms with Gasteiger partial charge in [-0.15, -0.1) is 0 Å². The van der Waals surface area contributed by atoms with E-state index in [0.717, 1.165) is 30.4 Å². The van der Waals surface area contributed by atoms with Crippen LogP contribution < -0.4 is 5.76 Å². The summed E-state index contributed by atoms with van der Waals surface area (Å²) in [6.07, 6.45) is 3.26. The smallest absolute Gasteiger partial charge is 0.408 e. The summed E-state index contributed by atoms with van der Waals surface area (Å²) in [6, 6.07) is 5.35. The van der Waals surface area contributed by atoms with E-state index >= 15 is 0 Å². The van der Waals surface area contributed by atoms with Crippen molar-refractivity contribution < 1.29 is 9.21 Å². The van der Waals surface area contributed by atoms with E-state index in [1.165, 1.54) is 11.0 Å². The van der Waals surface area contributed by atoms with E-state index in [1.54, 1.807) is 12.1 Å². The summed E-state index contributed by atoms with van der Waals surface area (Å²) in [4.78, 5) is 25.9. The van der Waals surface area contributed by atoms with E-state index in [1.807, 2.05) is 11.0 Å². The standard InChI is InChI=1S/C14H15BrN2O3/c15-10-4-5-11-12(8-10)20-14(19)17(11)9-13(18)16-6-2-1-3-7-16/h4-5,8H,1-3,6-7,9H2. The maximum absolute atomic E-state index is 12.2. The number of hydrogen-bond donors (Lipinski definition) is 0. The van der Waals surface area contributed by atoms with Crippen molar-refractivity contribution >= 4 is 32.9 Å². The molecule has 1 aromatic carbocycles. The number of oxazole rings is 1. The van der Waals surface area contributed by atoms with Gasteiger partial charge in [-0.05, 0) is 37.5 Å². The second-order valence-corrected chi connectivity index (χ2v) is 5.92. The maximum atomic E-state index is 12.2. The number of halogens is 1. The van der Waals surface area contributed by atoms with Gasteiger partial charge in [-0.25, -0.2) is 4.79 Å². The van der Waals surface area contributed by atoms with E-state index < -0.39 is 5.76 Å². The van der Waals surface area contributed by atoms with Gasteiger partial charge in [-0.2, -0.15) is 0 Å². The molecule has 106 valence electrons. The highest BCUT2D eigenvalue weighted by atomic mass is 79.9. The molecule has 1 saturated heterocycles. The largest absolute Gasteiger partial charge is 0.420 e. The fourth-order valence-corrected chi connectivity index (χ4v) is 2.91. The first-order valence-corrected chi connectivity index (χ1v) is 7.51. The van der Waals surface area contributed by atoms with Gasteiger partial charge < -0.3 is 9.32 Å². The molecule has 5 nitrogen and oxygen atoms in total. The van der Waals surface area contributed by atoms with Crippen LogP contribution in [0.25, 0.3) is 11.1 Å². The van der Waals surface area contributed by atoms with Crippen molar-refractivity contribution in [1.82, 2.24) is 9.47 Å². The lowest BCUT2D eigenvalue weighted by atomic mass is 10.1. The SMILES string of the molecule is O=C(Cn1c(=O)oc2cc(Br)ccc21)N1CCCCC1. The molecule has 0 atom stereocenters. The van der Waals surface area contributed by atoms with E-state index in [-0.39, 0.29) is 12.5 Å². The van der Waals surface area contributed by atoms with Crippen LogP contribution in [0.2, 0.25) is 0 Å². The van der Waals surface area contributed by atoms with Crippen LogP contribution in [0.15, 0.2) is 31.9 Å². The minimum atomic E-state index is -0.483. The van der Waals surface area contributed by atoms with Crippen molar-refractivity contribution in [3.05, 3.63) is 33.2 Å². The van der Waals surface area contributed by atoms with E-state index in [2.05, 4.69) is 15.9 Å². The van der Waals surface area contributed by atoms with Crippen molar-refractivity contribution in [2.45, 2.75) is 25.8 Å². The Balaban J connectivity index is 1.88. The number of aromatic nitrogens is 1. The molecule has 0 bridgehead atoms. The van der Waals surface area contributed by atoms with Crippen LogP contribution in [0.4, 0.5) is 0 Å². The van der Waals surface area contributed by atoms with Crippen molar-refractivity contribution in [1.29, 1.82) is 0 Å². The second-order valence-electron chi connectivity index (χ2n) is 5.01. The summed E-state index contributed by atoms with van der Waals surface area (Å²) in [5.74, 6) is -0.499. The third kappa shape index (κ3) is 2.52. The number of fused-ring (bicyclic) bond motifs is 1. The molecule has 6 heteroatoms. The van der Waals surface area contributed by atoms with Gasteiger partial charge in [0.1, 0.15) is 6.54 Å². The van der Waals surface area contributed by atoms with Crippen molar-refractivity contribution in [3.63, 3.8) is 0 Å².